The van der Waals surface area contributed by atoms with Crippen LogP contribution in [0.4, 0.5) is 11.4 Å². The molecule has 0 aromatic heterocycles. The van der Waals surface area contributed by atoms with Crippen LogP contribution >= 0.6 is 11.8 Å². The van der Waals surface area contributed by atoms with Gasteiger partial charge < -0.3 is 5.32 Å². The van der Waals surface area contributed by atoms with E-state index in [1.54, 1.807) is 0 Å². The standard InChI is InChI=1S/C25H22N2O2S/c1-16-11-9-15-21(18(16)3)27-24(28)22(26-20-14-8-7-10-17(20)2)23(25(27)29)30-19-12-5-4-6-13-19/h4-15,26H,1-3H3. The number of carbonyl (C=O) groups excluding carboxylic acids is 2. The summed E-state index contributed by atoms with van der Waals surface area (Å²) < 4.78 is 0. The molecule has 0 radical (unpaired) electrons. The van der Waals surface area contributed by atoms with E-state index in [1.165, 1.54) is 16.7 Å². The Hall–Kier alpha value is -3.31. The number of amides is 2. The van der Waals surface area contributed by atoms with Crippen LogP contribution in [0.15, 0.2) is 88.3 Å². The number of anilines is 2. The van der Waals surface area contributed by atoms with E-state index in [2.05, 4.69) is 5.32 Å². The molecule has 0 saturated heterocycles. The van der Waals surface area contributed by atoms with E-state index in [0.717, 1.165) is 27.3 Å². The van der Waals surface area contributed by atoms with Crippen LogP contribution in [0.25, 0.3) is 0 Å². The molecular weight excluding hydrogens is 392 g/mol. The third kappa shape index (κ3) is 3.64. The summed E-state index contributed by atoms with van der Waals surface area (Å²) in [5.74, 6) is -0.644. The molecular formula is C25H22N2O2S. The molecule has 4 nitrogen and oxygen atoms in total. The van der Waals surface area contributed by atoms with Crippen molar-refractivity contribution >= 4 is 35.0 Å². The van der Waals surface area contributed by atoms with Crippen molar-refractivity contribution in [1.29, 1.82) is 0 Å². The first-order valence-electron chi connectivity index (χ1n) is 9.72. The molecule has 3 aromatic carbocycles. The topological polar surface area (TPSA) is 49.4 Å². The number of carbonyl (C=O) groups is 2. The summed E-state index contributed by atoms with van der Waals surface area (Å²) in [6.07, 6.45) is 0. The molecule has 1 heterocycles. The third-order valence-corrected chi connectivity index (χ3v) is 6.32. The van der Waals surface area contributed by atoms with Gasteiger partial charge in [0.1, 0.15) is 10.6 Å². The molecule has 1 aliphatic rings. The molecule has 4 rings (SSSR count). The van der Waals surface area contributed by atoms with Crippen LogP contribution in [0.1, 0.15) is 16.7 Å². The Bertz CT molecular complexity index is 1170. The Morgan fingerprint density at radius 2 is 1.40 bits per heavy atom. The van der Waals surface area contributed by atoms with E-state index in [-0.39, 0.29) is 11.8 Å². The minimum Gasteiger partial charge on any atom is -0.350 e. The number of benzene rings is 3. The van der Waals surface area contributed by atoms with E-state index in [1.807, 2.05) is 93.6 Å². The highest BCUT2D eigenvalue weighted by atomic mass is 32.2. The lowest BCUT2D eigenvalue weighted by Crippen LogP contribution is -2.33. The lowest BCUT2D eigenvalue weighted by Gasteiger charge is -2.19. The van der Waals surface area contributed by atoms with Crippen molar-refractivity contribution in [2.45, 2.75) is 25.7 Å². The number of aryl methyl sites for hydroxylation is 2. The molecule has 0 fully saturated rings. The molecule has 0 unspecified atom stereocenters. The van der Waals surface area contributed by atoms with Crippen molar-refractivity contribution in [2.75, 3.05) is 10.2 Å². The average Bonchev–Trinajstić information content (AvgIpc) is 2.96. The second-order valence-corrected chi connectivity index (χ2v) is 8.31. The highest BCUT2D eigenvalue weighted by Crippen LogP contribution is 2.39. The largest absolute Gasteiger partial charge is 0.350 e. The molecule has 30 heavy (non-hydrogen) atoms. The van der Waals surface area contributed by atoms with E-state index >= 15 is 0 Å². The van der Waals surface area contributed by atoms with Crippen LogP contribution in [0.2, 0.25) is 0 Å². The number of thioether (sulfide) groups is 1. The van der Waals surface area contributed by atoms with Crippen LogP contribution in [-0.2, 0) is 9.59 Å². The fourth-order valence-corrected chi connectivity index (χ4v) is 4.31. The second-order valence-electron chi connectivity index (χ2n) is 7.22. The van der Waals surface area contributed by atoms with Crippen molar-refractivity contribution in [3.8, 4) is 0 Å². The Balaban J connectivity index is 1.80. The van der Waals surface area contributed by atoms with Crippen LogP contribution in [0, 0.1) is 20.8 Å². The summed E-state index contributed by atoms with van der Waals surface area (Å²) in [5, 5.41) is 3.24. The van der Waals surface area contributed by atoms with Gasteiger partial charge in [-0.15, -0.1) is 0 Å². The van der Waals surface area contributed by atoms with Gasteiger partial charge in [0.05, 0.1) is 5.69 Å². The van der Waals surface area contributed by atoms with Gasteiger partial charge >= 0.3 is 0 Å². The van der Waals surface area contributed by atoms with Gasteiger partial charge in [0.2, 0.25) is 0 Å². The van der Waals surface area contributed by atoms with Crippen molar-refractivity contribution < 1.29 is 9.59 Å². The molecule has 5 heteroatoms. The summed E-state index contributed by atoms with van der Waals surface area (Å²) in [6.45, 7) is 5.88. The molecule has 1 aliphatic heterocycles. The number of hydrogen-bond donors (Lipinski definition) is 1. The zero-order valence-electron chi connectivity index (χ0n) is 17.1. The summed E-state index contributed by atoms with van der Waals surface area (Å²) in [5.41, 5.74) is 4.69. The minimum absolute atomic E-state index is 0.307. The number of imide groups is 1. The highest BCUT2D eigenvalue weighted by molar-refractivity contribution is 8.04. The summed E-state index contributed by atoms with van der Waals surface area (Å²) in [6, 6.07) is 23.0. The van der Waals surface area contributed by atoms with Crippen LogP contribution < -0.4 is 10.2 Å². The maximum atomic E-state index is 13.5. The van der Waals surface area contributed by atoms with Gasteiger partial charge in [0, 0.05) is 10.6 Å². The van der Waals surface area contributed by atoms with Crippen LogP contribution in [-0.4, -0.2) is 11.8 Å². The van der Waals surface area contributed by atoms with Gasteiger partial charge in [-0.05, 0) is 61.7 Å². The van der Waals surface area contributed by atoms with Crippen molar-refractivity contribution in [3.63, 3.8) is 0 Å². The van der Waals surface area contributed by atoms with Gasteiger partial charge in [-0.2, -0.15) is 0 Å². The zero-order valence-corrected chi connectivity index (χ0v) is 17.9. The van der Waals surface area contributed by atoms with Crippen LogP contribution in [0.3, 0.4) is 0 Å². The molecule has 0 spiro atoms. The van der Waals surface area contributed by atoms with Crippen molar-refractivity contribution in [1.82, 2.24) is 0 Å². The van der Waals surface area contributed by atoms with E-state index in [0.29, 0.717) is 16.3 Å². The Morgan fingerprint density at radius 1 is 0.733 bits per heavy atom. The summed E-state index contributed by atoms with van der Waals surface area (Å²) in [4.78, 5) is 29.5. The third-order valence-electron chi connectivity index (χ3n) is 5.23. The SMILES string of the molecule is Cc1ccccc1NC1=C(Sc2ccccc2)C(=O)N(c2cccc(C)c2C)C1=O. The molecule has 0 bridgehead atoms. The van der Waals surface area contributed by atoms with E-state index in [4.69, 9.17) is 0 Å². The monoisotopic (exact) mass is 414 g/mol. The fraction of sp³-hybridized carbons (Fsp3) is 0.120. The quantitative estimate of drug-likeness (QED) is 0.552. The first kappa shape index (κ1) is 20.0. The van der Waals surface area contributed by atoms with Gasteiger partial charge in [0.25, 0.3) is 11.8 Å². The first-order valence-corrected chi connectivity index (χ1v) is 10.5. The lowest BCUT2D eigenvalue weighted by molar-refractivity contribution is -0.120. The number of nitrogens with zero attached hydrogens (tertiary/aromatic N) is 1. The number of rotatable bonds is 5. The minimum atomic E-state index is -0.338. The predicted molar refractivity (Wildman–Crippen MR) is 123 cm³/mol. The number of hydrogen-bond acceptors (Lipinski definition) is 4. The van der Waals surface area contributed by atoms with Gasteiger partial charge in [-0.1, -0.05) is 60.3 Å². The van der Waals surface area contributed by atoms with Crippen molar-refractivity contribution in [3.05, 3.63) is 100 Å². The van der Waals surface area contributed by atoms with Gasteiger partial charge in [-0.3, -0.25) is 9.59 Å². The zero-order chi connectivity index (χ0) is 21.3. The van der Waals surface area contributed by atoms with Gasteiger partial charge in [0.15, 0.2) is 0 Å². The Labute approximate surface area is 180 Å². The average molecular weight is 415 g/mol. The Kier molecular flexibility index (Phi) is 5.46. The molecule has 2 amide bonds. The second kappa shape index (κ2) is 8.20. The molecule has 0 atom stereocenters. The van der Waals surface area contributed by atoms with E-state index in [9.17, 15) is 9.59 Å². The molecule has 3 aromatic rings. The lowest BCUT2D eigenvalue weighted by atomic mass is 10.1. The normalized spacial score (nSPS) is 13.9. The maximum Gasteiger partial charge on any atom is 0.283 e. The van der Waals surface area contributed by atoms with Crippen LogP contribution in [0.5, 0.6) is 0 Å². The highest BCUT2D eigenvalue weighted by Gasteiger charge is 2.41. The van der Waals surface area contributed by atoms with Crippen molar-refractivity contribution in [2.24, 2.45) is 0 Å². The summed E-state index contributed by atoms with van der Waals surface area (Å²) in [7, 11) is 0. The molecule has 150 valence electrons. The number of para-hydroxylation sites is 1. The predicted octanol–water partition coefficient (Wildman–Crippen LogP) is 5.60. The molecule has 0 saturated carbocycles. The van der Waals surface area contributed by atoms with E-state index < -0.39 is 0 Å². The smallest absolute Gasteiger partial charge is 0.283 e. The maximum absolute atomic E-state index is 13.5. The van der Waals surface area contributed by atoms with Gasteiger partial charge in [-0.25, -0.2) is 4.90 Å². The first-order chi connectivity index (χ1) is 14.5. The molecule has 0 aliphatic carbocycles. The molecule has 1 N–H and O–H groups in total. The fourth-order valence-electron chi connectivity index (χ4n) is 3.37. The summed E-state index contributed by atoms with van der Waals surface area (Å²) >= 11 is 1.31. The Morgan fingerprint density at radius 3 is 2.13 bits per heavy atom. The number of nitrogens with one attached hydrogen (secondary N) is 1.